The van der Waals surface area contributed by atoms with Gasteiger partial charge in [-0.15, -0.1) is 0 Å². The summed E-state index contributed by atoms with van der Waals surface area (Å²) in [5.41, 5.74) is 2.47. The SMILES string of the molecule is C[N+]12CNN(C3CC=CCC1C3)C2CC1(c2cccc(-n3cc4c(C(F)(F)F)cc(F)cn4c3=O)c2)COC1. The van der Waals surface area contributed by atoms with Crippen LogP contribution in [0.5, 0.6) is 0 Å². The van der Waals surface area contributed by atoms with Crippen LogP contribution < -0.4 is 11.1 Å². The number of benzene rings is 1. The number of imidazole rings is 1. The zero-order valence-electron chi connectivity index (χ0n) is 21.5. The van der Waals surface area contributed by atoms with E-state index in [1.807, 2.05) is 18.2 Å². The number of pyridine rings is 1. The normalized spacial score (nSPS) is 31.3. The standard InChI is InChI=1S/C28H30F4N5O2/c1-37-17-33-36(21-6-2-3-8-22(37)11-21)25(37)12-27(15-39-16-27)18-5-4-7-20(9-18)34-14-24-23(28(30,31)32)10-19(29)13-35(24)26(34)38/h2-5,7,9-10,13-14,21-22,25,33H,6,8,11-12,15-17H2,1H3/q+1. The molecule has 5 heterocycles. The van der Waals surface area contributed by atoms with Crippen molar-refractivity contribution < 1.29 is 26.8 Å². The van der Waals surface area contributed by atoms with Gasteiger partial charge in [-0.1, -0.05) is 24.3 Å². The first-order valence-electron chi connectivity index (χ1n) is 13.3. The van der Waals surface area contributed by atoms with E-state index in [1.165, 1.54) is 0 Å². The topological polar surface area (TPSA) is 50.9 Å². The highest BCUT2D eigenvalue weighted by Crippen LogP contribution is 2.46. The Hall–Kier alpha value is -2.99. The van der Waals surface area contributed by atoms with E-state index in [1.54, 1.807) is 6.07 Å². The summed E-state index contributed by atoms with van der Waals surface area (Å²) in [5, 5.41) is 2.44. The van der Waals surface area contributed by atoms with E-state index < -0.39 is 23.2 Å². The number of ether oxygens (including phenoxy) is 1. The summed E-state index contributed by atoms with van der Waals surface area (Å²) in [6.45, 7) is 1.94. The number of nitrogens with one attached hydrogen (secondary N) is 1. The molecule has 1 aliphatic carbocycles. The van der Waals surface area contributed by atoms with Crippen molar-refractivity contribution in [3.8, 4) is 5.69 Å². The second-order valence-corrected chi connectivity index (χ2v) is 11.7. The largest absolute Gasteiger partial charge is 0.418 e. The molecule has 1 N–H and O–H groups in total. The maximum Gasteiger partial charge on any atom is 0.418 e. The molecule has 11 heteroatoms. The molecule has 3 aliphatic heterocycles. The van der Waals surface area contributed by atoms with Crippen molar-refractivity contribution in [3.05, 3.63) is 82.3 Å². The first kappa shape index (κ1) is 25.0. The molecular weight excluding hydrogens is 514 g/mol. The highest BCUT2D eigenvalue weighted by Gasteiger charge is 2.59. The number of nitrogens with zero attached hydrogens (tertiary/aromatic N) is 4. The van der Waals surface area contributed by atoms with Crippen LogP contribution in [0.25, 0.3) is 11.2 Å². The lowest BCUT2D eigenvalue weighted by atomic mass is 9.73. The molecule has 3 saturated heterocycles. The van der Waals surface area contributed by atoms with Crippen molar-refractivity contribution >= 4 is 5.52 Å². The third-order valence-electron chi connectivity index (χ3n) is 9.46. The van der Waals surface area contributed by atoms with Crippen molar-refractivity contribution in [2.45, 2.75) is 55.5 Å². The molecule has 1 aromatic carbocycles. The van der Waals surface area contributed by atoms with E-state index in [9.17, 15) is 22.4 Å². The second kappa shape index (κ2) is 8.50. The minimum atomic E-state index is -4.80. The van der Waals surface area contributed by atoms with Gasteiger partial charge in [-0.05, 0) is 30.2 Å². The van der Waals surface area contributed by atoms with Crippen molar-refractivity contribution in [3.63, 3.8) is 0 Å². The minimum absolute atomic E-state index is 0.248. The van der Waals surface area contributed by atoms with Crippen LogP contribution in [0.3, 0.4) is 0 Å². The van der Waals surface area contributed by atoms with Gasteiger partial charge in [0, 0.05) is 43.1 Å². The van der Waals surface area contributed by atoms with Gasteiger partial charge in [0.15, 0.2) is 6.17 Å². The van der Waals surface area contributed by atoms with Gasteiger partial charge in [0.2, 0.25) is 0 Å². The zero-order valence-corrected chi connectivity index (χ0v) is 21.5. The summed E-state index contributed by atoms with van der Waals surface area (Å²) in [6, 6.07) is 8.77. The minimum Gasteiger partial charge on any atom is -0.379 e. The highest BCUT2D eigenvalue weighted by molar-refractivity contribution is 5.57. The molecule has 7 nitrogen and oxygen atoms in total. The Morgan fingerprint density at radius 3 is 2.69 bits per heavy atom. The average Bonchev–Trinajstić information content (AvgIpc) is 3.20. The number of rotatable bonds is 4. The Morgan fingerprint density at radius 2 is 1.95 bits per heavy atom. The first-order valence-corrected chi connectivity index (χ1v) is 13.3. The number of aromatic nitrogens is 2. The Kier molecular flexibility index (Phi) is 5.45. The van der Waals surface area contributed by atoms with E-state index in [0.29, 0.717) is 37.1 Å². The van der Waals surface area contributed by atoms with Crippen molar-refractivity contribution in [1.82, 2.24) is 19.4 Å². The summed E-state index contributed by atoms with van der Waals surface area (Å²) < 4.78 is 63.5. The van der Waals surface area contributed by atoms with Crippen LogP contribution in [0, 0.1) is 5.82 Å². The number of alkyl halides is 3. The van der Waals surface area contributed by atoms with E-state index in [-0.39, 0.29) is 17.1 Å². The lowest BCUT2D eigenvalue weighted by Gasteiger charge is -2.53. The van der Waals surface area contributed by atoms with Crippen molar-refractivity contribution in [2.75, 3.05) is 26.9 Å². The third-order valence-corrected chi connectivity index (χ3v) is 9.46. The Morgan fingerprint density at radius 1 is 1.15 bits per heavy atom. The van der Waals surface area contributed by atoms with Gasteiger partial charge in [0.25, 0.3) is 0 Å². The van der Waals surface area contributed by atoms with Crippen molar-refractivity contribution in [1.29, 1.82) is 0 Å². The molecular formula is C28H30F4N5O2+. The Labute approximate surface area is 222 Å². The second-order valence-electron chi connectivity index (χ2n) is 11.7. The summed E-state index contributed by atoms with van der Waals surface area (Å²) in [4.78, 5) is 13.1. The lowest BCUT2D eigenvalue weighted by Crippen LogP contribution is -2.67. The molecule has 4 bridgehead atoms. The number of quaternary nitrogens is 1. The number of hydrogen-bond acceptors (Lipinski definition) is 4. The van der Waals surface area contributed by atoms with Crippen molar-refractivity contribution in [2.24, 2.45) is 0 Å². The molecule has 0 radical (unpaired) electrons. The van der Waals surface area contributed by atoms with Crippen LogP contribution >= 0.6 is 0 Å². The van der Waals surface area contributed by atoms with Crippen LogP contribution in [-0.2, 0) is 16.3 Å². The average molecular weight is 545 g/mol. The van der Waals surface area contributed by atoms with E-state index in [2.05, 4.69) is 29.6 Å². The number of hydrazine groups is 1. The lowest BCUT2D eigenvalue weighted by molar-refractivity contribution is -0.957. The summed E-state index contributed by atoms with van der Waals surface area (Å²) in [5.74, 6) is -1.12. The van der Waals surface area contributed by atoms with Gasteiger partial charge in [-0.25, -0.2) is 14.6 Å². The van der Waals surface area contributed by atoms with Gasteiger partial charge in [-0.2, -0.15) is 18.2 Å². The fraction of sp³-hybridized carbons (Fsp3) is 0.464. The van der Waals surface area contributed by atoms with Gasteiger partial charge < -0.3 is 4.74 Å². The summed E-state index contributed by atoms with van der Waals surface area (Å²) in [7, 11) is 2.32. The highest BCUT2D eigenvalue weighted by atomic mass is 19.4. The van der Waals surface area contributed by atoms with Crippen LogP contribution in [-0.4, -0.2) is 63.6 Å². The summed E-state index contributed by atoms with van der Waals surface area (Å²) in [6.07, 6.45) is 6.06. The number of fused-ring (bicyclic) bond motifs is 7. The van der Waals surface area contributed by atoms with Gasteiger partial charge >= 0.3 is 11.9 Å². The molecule has 5 atom stereocenters. The number of halogens is 4. The van der Waals surface area contributed by atoms with Crippen LogP contribution in [0.4, 0.5) is 17.6 Å². The predicted molar refractivity (Wildman–Crippen MR) is 135 cm³/mol. The van der Waals surface area contributed by atoms with Gasteiger partial charge in [0.1, 0.15) is 12.5 Å². The molecule has 0 spiro atoms. The molecule has 2 aromatic heterocycles. The quantitative estimate of drug-likeness (QED) is 0.307. The van der Waals surface area contributed by atoms with E-state index in [4.69, 9.17) is 4.74 Å². The molecule has 206 valence electrons. The molecule has 5 unspecified atom stereocenters. The predicted octanol–water partition coefficient (Wildman–Crippen LogP) is 3.95. The van der Waals surface area contributed by atoms with Crippen LogP contribution in [0.15, 0.2) is 59.7 Å². The molecule has 4 aliphatic rings. The maximum atomic E-state index is 14.0. The maximum absolute atomic E-state index is 14.0. The smallest absolute Gasteiger partial charge is 0.379 e. The van der Waals surface area contributed by atoms with E-state index in [0.717, 1.165) is 63.8 Å². The third kappa shape index (κ3) is 3.74. The molecule has 3 fully saturated rings. The van der Waals surface area contributed by atoms with Crippen LogP contribution in [0.2, 0.25) is 0 Å². The summed E-state index contributed by atoms with van der Waals surface area (Å²) >= 11 is 0. The monoisotopic (exact) mass is 544 g/mol. The molecule has 7 rings (SSSR count). The molecule has 0 saturated carbocycles. The first-order chi connectivity index (χ1) is 18.6. The molecule has 0 amide bonds. The van der Waals surface area contributed by atoms with Gasteiger partial charge in [0.05, 0.1) is 43.1 Å². The van der Waals surface area contributed by atoms with E-state index >= 15 is 0 Å². The molecule has 3 aromatic rings. The zero-order chi connectivity index (χ0) is 27.2. The fourth-order valence-electron chi connectivity index (χ4n) is 7.16. The molecule has 39 heavy (non-hydrogen) atoms. The Balaban J connectivity index is 1.27. The Bertz CT molecular complexity index is 1540. The number of hydrogen-bond donors (Lipinski definition) is 1. The van der Waals surface area contributed by atoms with Gasteiger partial charge in [-0.3, -0.25) is 13.5 Å². The van der Waals surface area contributed by atoms with Crippen LogP contribution in [0.1, 0.15) is 36.8 Å². The fourth-order valence-corrected chi connectivity index (χ4v) is 7.16.